The number of ether oxygens (including phenoxy) is 2. The van der Waals surface area contributed by atoms with Crippen molar-refractivity contribution in [3.63, 3.8) is 0 Å². The fraction of sp³-hybridized carbons (Fsp3) is 0.500. The molecule has 0 aliphatic carbocycles. The van der Waals surface area contributed by atoms with Gasteiger partial charge in [0.1, 0.15) is 6.04 Å². The van der Waals surface area contributed by atoms with Crippen molar-refractivity contribution in [2.75, 3.05) is 33.9 Å². The lowest BCUT2D eigenvalue weighted by Crippen LogP contribution is -2.54. The molecule has 2 rings (SSSR count). The van der Waals surface area contributed by atoms with Gasteiger partial charge in [-0.15, -0.1) is 0 Å². The van der Waals surface area contributed by atoms with Crippen LogP contribution in [-0.4, -0.2) is 55.9 Å². The number of benzene rings is 1. The summed E-state index contributed by atoms with van der Waals surface area (Å²) in [4.78, 5) is 13.3. The molecule has 0 aromatic heterocycles. The zero-order chi connectivity index (χ0) is 15.4. The van der Waals surface area contributed by atoms with Crippen molar-refractivity contribution in [2.24, 2.45) is 0 Å². The van der Waals surface area contributed by atoms with E-state index in [0.717, 1.165) is 16.6 Å². The van der Waals surface area contributed by atoms with Gasteiger partial charge in [0, 0.05) is 30.7 Å². The van der Waals surface area contributed by atoms with Crippen LogP contribution in [-0.2, 0) is 11.3 Å². The van der Waals surface area contributed by atoms with Crippen LogP contribution in [0.2, 0.25) is 0 Å². The van der Waals surface area contributed by atoms with Crippen LogP contribution in [0.4, 0.5) is 0 Å². The number of halogens is 1. The number of nitrogens with one attached hydrogen (secondary N) is 1. The summed E-state index contributed by atoms with van der Waals surface area (Å²) < 4.78 is 11.4. The first-order valence-electron chi connectivity index (χ1n) is 6.64. The maximum absolute atomic E-state index is 11.3. The van der Waals surface area contributed by atoms with E-state index in [1.807, 2.05) is 17.0 Å². The molecule has 0 saturated carbocycles. The first-order valence-corrected chi connectivity index (χ1v) is 7.44. The Bertz CT molecular complexity index is 524. The van der Waals surface area contributed by atoms with Crippen LogP contribution >= 0.6 is 15.9 Å². The van der Waals surface area contributed by atoms with Gasteiger partial charge in [0.15, 0.2) is 11.5 Å². The van der Waals surface area contributed by atoms with Crippen molar-refractivity contribution in [1.29, 1.82) is 0 Å². The second-order valence-corrected chi connectivity index (χ2v) is 5.68. The van der Waals surface area contributed by atoms with E-state index < -0.39 is 12.0 Å². The summed E-state index contributed by atoms with van der Waals surface area (Å²) in [6.07, 6.45) is 0. The van der Waals surface area contributed by atoms with Crippen LogP contribution in [0.25, 0.3) is 0 Å². The highest BCUT2D eigenvalue weighted by Gasteiger charge is 2.28. The largest absolute Gasteiger partial charge is 0.493 e. The van der Waals surface area contributed by atoms with Crippen molar-refractivity contribution in [3.05, 3.63) is 22.2 Å². The van der Waals surface area contributed by atoms with E-state index in [1.165, 1.54) is 0 Å². The molecule has 0 spiro atoms. The number of piperazine rings is 1. The van der Waals surface area contributed by atoms with E-state index in [-0.39, 0.29) is 0 Å². The molecule has 7 heteroatoms. The van der Waals surface area contributed by atoms with E-state index >= 15 is 0 Å². The average Bonchev–Trinajstić information content (AvgIpc) is 2.49. The van der Waals surface area contributed by atoms with Gasteiger partial charge in [-0.1, -0.05) is 15.9 Å². The normalized spacial score (nSPS) is 19.3. The van der Waals surface area contributed by atoms with Gasteiger partial charge in [-0.3, -0.25) is 9.69 Å². The predicted molar refractivity (Wildman–Crippen MR) is 81.9 cm³/mol. The van der Waals surface area contributed by atoms with Crippen LogP contribution in [0.5, 0.6) is 11.5 Å². The minimum Gasteiger partial charge on any atom is -0.493 e. The highest BCUT2D eigenvalue weighted by atomic mass is 79.9. The molecular weight excluding hydrogens is 340 g/mol. The minimum atomic E-state index is -0.807. The molecule has 1 saturated heterocycles. The first-order chi connectivity index (χ1) is 10.1. The summed E-state index contributed by atoms with van der Waals surface area (Å²) in [6, 6.07) is 3.20. The number of aliphatic carboxylic acids is 1. The van der Waals surface area contributed by atoms with E-state index in [2.05, 4.69) is 21.2 Å². The van der Waals surface area contributed by atoms with E-state index in [4.69, 9.17) is 9.47 Å². The molecule has 1 unspecified atom stereocenters. The van der Waals surface area contributed by atoms with Gasteiger partial charge in [0.05, 0.1) is 14.2 Å². The maximum Gasteiger partial charge on any atom is 0.322 e. The summed E-state index contributed by atoms with van der Waals surface area (Å²) in [5.41, 5.74) is 0.973. The number of carboxylic acid groups (broad SMARTS) is 1. The molecule has 1 heterocycles. The van der Waals surface area contributed by atoms with Gasteiger partial charge in [-0.2, -0.15) is 0 Å². The smallest absolute Gasteiger partial charge is 0.322 e. The lowest BCUT2D eigenvalue weighted by Gasteiger charge is -2.33. The summed E-state index contributed by atoms with van der Waals surface area (Å²) >= 11 is 3.51. The molecule has 21 heavy (non-hydrogen) atoms. The van der Waals surface area contributed by atoms with E-state index in [1.54, 1.807) is 14.2 Å². The Hall–Kier alpha value is -1.31. The molecule has 1 fully saturated rings. The van der Waals surface area contributed by atoms with Crippen molar-refractivity contribution in [3.8, 4) is 11.5 Å². The second kappa shape index (κ2) is 7.11. The Balaban J connectivity index is 2.23. The van der Waals surface area contributed by atoms with Crippen LogP contribution < -0.4 is 14.8 Å². The number of carbonyl (C=O) groups is 1. The SMILES string of the molecule is COc1cc(Br)c(CN2CCNCC2C(=O)O)cc1OC. The number of carboxylic acids is 1. The Morgan fingerprint density at radius 1 is 1.43 bits per heavy atom. The molecule has 0 bridgehead atoms. The molecule has 1 aliphatic heterocycles. The van der Waals surface area contributed by atoms with E-state index in [9.17, 15) is 9.90 Å². The summed E-state index contributed by atoms with van der Waals surface area (Å²) in [5.74, 6) is 0.472. The van der Waals surface area contributed by atoms with Crippen molar-refractivity contribution >= 4 is 21.9 Å². The van der Waals surface area contributed by atoms with Crippen LogP contribution in [0.3, 0.4) is 0 Å². The molecule has 0 radical (unpaired) electrons. The number of rotatable bonds is 5. The third kappa shape index (κ3) is 3.66. The topological polar surface area (TPSA) is 71.0 Å². The molecule has 116 valence electrons. The lowest BCUT2D eigenvalue weighted by atomic mass is 10.1. The molecule has 1 aromatic rings. The Kier molecular flexibility index (Phi) is 5.44. The number of hydrogen-bond acceptors (Lipinski definition) is 5. The van der Waals surface area contributed by atoms with Gasteiger partial charge in [-0.25, -0.2) is 0 Å². The summed E-state index contributed by atoms with van der Waals surface area (Å²) in [5, 5.41) is 12.4. The fourth-order valence-corrected chi connectivity index (χ4v) is 2.86. The van der Waals surface area contributed by atoms with Crippen LogP contribution in [0, 0.1) is 0 Å². The van der Waals surface area contributed by atoms with E-state index in [0.29, 0.717) is 31.1 Å². The van der Waals surface area contributed by atoms with Crippen molar-refractivity contribution in [1.82, 2.24) is 10.2 Å². The van der Waals surface area contributed by atoms with Crippen molar-refractivity contribution < 1.29 is 19.4 Å². The number of nitrogens with zero attached hydrogens (tertiary/aromatic N) is 1. The highest BCUT2D eigenvalue weighted by Crippen LogP contribution is 2.34. The van der Waals surface area contributed by atoms with Gasteiger partial charge in [0.2, 0.25) is 0 Å². The van der Waals surface area contributed by atoms with Gasteiger partial charge in [0.25, 0.3) is 0 Å². The predicted octanol–water partition coefficient (Wildman–Crippen LogP) is 1.32. The number of methoxy groups -OCH3 is 2. The third-order valence-corrected chi connectivity index (χ3v) is 4.30. The summed E-state index contributed by atoms with van der Waals surface area (Å²) in [7, 11) is 3.17. The Morgan fingerprint density at radius 3 is 2.71 bits per heavy atom. The fourth-order valence-electron chi connectivity index (χ4n) is 2.42. The quantitative estimate of drug-likeness (QED) is 0.827. The molecular formula is C14H19BrN2O4. The average molecular weight is 359 g/mol. The molecule has 1 atom stereocenters. The van der Waals surface area contributed by atoms with Gasteiger partial charge < -0.3 is 19.9 Å². The van der Waals surface area contributed by atoms with Gasteiger partial charge >= 0.3 is 5.97 Å². The molecule has 0 amide bonds. The molecule has 1 aromatic carbocycles. The van der Waals surface area contributed by atoms with Crippen molar-refractivity contribution in [2.45, 2.75) is 12.6 Å². The highest BCUT2D eigenvalue weighted by molar-refractivity contribution is 9.10. The second-order valence-electron chi connectivity index (χ2n) is 4.83. The maximum atomic E-state index is 11.3. The molecule has 2 N–H and O–H groups in total. The van der Waals surface area contributed by atoms with Crippen LogP contribution in [0.15, 0.2) is 16.6 Å². The van der Waals surface area contributed by atoms with Crippen LogP contribution in [0.1, 0.15) is 5.56 Å². The Labute approximate surface area is 132 Å². The first kappa shape index (κ1) is 16.1. The standard InChI is InChI=1S/C14H19BrN2O4/c1-20-12-5-9(10(15)6-13(12)21-2)8-17-4-3-16-7-11(17)14(18)19/h5-6,11,16H,3-4,7-8H2,1-2H3,(H,18,19). The van der Waals surface area contributed by atoms with Gasteiger partial charge in [-0.05, 0) is 17.7 Å². The zero-order valence-corrected chi connectivity index (χ0v) is 13.6. The minimum absolute atomic E-state index is 0.459. The third-order valence-electron chi connectivity index (χ3n) is 3.57. The lowest BCUT2D eigenvalue weighted by molar-refractivity contribution is -0.144. The number of hydrogen-bond donors (Lipinski definition) is 2. The summed E-state index contributed by atoms with van der Waals surface area (Å²) in [6.45, 7) is 2.48. The monoisotopic (exact) mass is 358 g/mol. The molecule has 1 aliphatic rings. The zero-order valence-electron chi connectivity index (χ0n) is 12.1. The molecule has 6 nitrogen and oxygen atoms in total. The Morgan fingerprint density at radius 2 is 2.10 bits per heavy atom.